The highest BCUT2D eigenvalue weighted by Gasteiger charge is 2.10. The van der Waals surface area contributed by atoms with Crippen LogP contribution in [0.2, 0.25) is 0 Å². The molecule has 1 atom stereocenters. The van der Waals surface area contributed by atoms with E-state index in [2.05, 4.69) is 39.4 Å². The lowest BCUT2D eigenvalue weighted by molar-refractivity contribution is -0.120. The molecule has 0 unspecified atom stereocenters. The van der Waals surface area contributed by atoms with Gasteiger partial charge in [-0.3, -0.25) is 4.79 Å². The Bertz CT molecular complexity index is 422. The first-order valence-corrected chi connectivity index (χ1v) is 6.65. The lowest BCUT2D eigenvalue weighted by Crippen LogP contribution is -2.35. The topological polar surface area (TPSA) is 41.1 Å². The van der Waals surface area contributed by atoms with Crippen molar-refractivity contribution in [1.29, 1.82) is 0 Å². The number of benzene rings is 1. The van der Waals surface area contributed by atoms with Crippen molar-refractivity contribution in [3.63, 3.8) is 0 Å². The lowest BCUT2D eigenvalue weighted by Gasteiger charge is -2.17. The van der Waals surface area contributed by atoms with Gasteiger partial charge in [-0.1, -0.05) is 40.9 Å². The predicted octanol–water partition coefficient (Wildman–Crippen LogP) is 2.24. The fourth-order valence-corrected chi connectivity index (χ4v) is 1.89. The van der Waals surface area contributed by atoms with Gasteiger partial charge in [0.2, 0.25) is 5.91 Å². The van der Waals surface area contributed by atoms with E-state index >= 15 is 0 Å². The smallest absolute Gasteiger partial charge is 0.234 e. The van der Waals surface area contributed by atoms with Gasteiger partial charge in [0, 0.05) is 10.5 Å². The molecule has 1 amide bonds. The highest BCUT2D eigenvalue weighted by molar-refractivity contribution is 9.10. The minimum atomic E-state index is -0.0801. The quantitative estimate of drug-likeness (QED) is 0.791. The van der Waals surface area contributed by atoms with Crippen molar-refractivity contribution in [3.8, 4) is 12.3 Å². The molecule has 0 heterocycles. The SMILES string of the molecule is C#CCNC(=O)CN[C@H](CC)c1ccc(Br)cc1. The molecule has 0 aliphatic heterocycles. The average Bonchev–Trinajstić information content (AvgIpc) is 2.39. The zero-order valence-electron chi connectivity index (χ0n) is 10.4. The normalized spacial score (nSPS) is 11.6. The van der Waals surface area contributed by atoms with E-state index in [4.69, 9.17) is 6.42 Å². The fraction of sp³-hybridized carbons (Fsp3) is 0.357. The maximum atomic E-state index is 11.4. The molecule has 0 fully saturated rings. The molecule has 1 aromatic rings. The van der Waals surface area contributed by atoms with Gasteiger partial charge in [-0.05, 0) is 24.1 Å². The average molecular weight is 309 g/mol. The van der Waals surface area contributed by atoms with Gasteiger partial charge in [0.1, 0.15) is 0 Å². The maximum Gasteiger partial charge on any atom is 0.234 e. The molecule has 0 saturated heterocycles. The number of carbonyl (C=O) groups is 1. The Morgan fingerprint density at radius 3 is 2.67 bits per heavy atom. The molecular formula is C14H17BrN2O. The number of halogens is 1. The van der Waals surface area contributed by atoms with Crippen molar-refractivity contribution in [1.82, 2.24) is 10.6 Å². The Hall–Kier alpha value is -1.31. The molecule has 0 bridgehead atoms. The van der Waals surface area contributed by atoms with Gasteiger partial charge < -0.3 is 10.6 Å². The van der Waals surface area contributed by atoms with Crippen molar-refractivity contribution < 1.29 is 4.79 Å². The number of carbonyl (C=O) groups excluding carboxylic acids is 1. The summed E-state index contributed by atoms with van der Waals surface area (Å²) < 4.78 is 1.05. The molecule has 0 saturated carbocycles. The summed E-state index contributed by atoms with van der Waals surface area (Å²) in [4.78, 5) is 11.4. The summed E-state index contributed by atoms with van der Waals surface area (Å²) in [6.45, 7) is 2.63. The summed E-state index contributed by atoms with van der Waals surface area (Å²) in [6, 6.07) is 8.26. The molecular weight excluding hydrogens is 292 g/mol. The van der Waals surface area contributed by atoms with E-state index in [0.717, 1.165) is 10.9 Å². The van der Waals surface area contributed by atoms with Gasteiger partial charge in [0.25, 0.3) is 0 Å². The van der Waals surface area contributed by atoms with Crippen LogP contribution in [0.15, 0.2) is 28.7 Å². The van der Waals surface area contributed by atoms with Gasteiger partial charge in [-0.2, -0.15) is 0 Å². The highest BCUT2D eigenvalue weighted by Crippen LogP contribution is 2.19. The van der Waals surface area contributed by atoms with Gasteiger partial charge in [-0.15, -0.1) is 6.42 Å². The van der Waals surface area contributed by atoms with Crippen molar-refractivity contribution in [3.05, 3.63) is 34.3 Å². The molecule has 0 spiro atoms. The second-order valence-corrected chi connectivity index (χ2v) is 4.79. The summed E-state index contributed by atoms with van der Waals surface area (Å²) in [5.74, 6) is 2.29. The van der Waals surface area contributed by atoms with Crippen molar-refractivity contribution in [2.24, 2.45) is 0 Å². The van der Waals surface area contributed by atoms with Gasteiger partial charge in [0.15, 0.2) is 0 Å². The van der Waals surface area contributed by atoms with Crippen LogP contribution in [0.5, 0.6) is 0 Å². The number of hydrogen-bond acceptors (Lipinski definition) is 2. The molecule has 0 aromatic heterocycles. The Labute approximate surface area is 116 Å². The van der Waals surface area contributed by atoms with Crippen LogP contribution in [0.1, 0.15) is 24.9 Å². The van der Waals surface area contributed by atoms with Crippen LogP contribution >= 0.6 is 15.9 Å². The fourth-order valence-electron chi connectivity index (χ4n) is 1.62. The molecule has 2 N–H and O–H groups in total. The highest BCUT2D eigenvalue weighted by atomic mass is 79.9. The Kier molecular flexibility index (Phi) is 6.48. The molecule has 0 radical (unpaired) electrons. The van der Waals surface area contributed by atoms with Crippen LogP contribution < -0.4 is 10.6 Å². The van der Waals surface area contributed by atoms with Crippen LogP contribution in [-0.4, -0.2) is 19.0 Å². The monoisotopic (exact) mass is 308 g/mol. The second-order valence-electron chi connectivity index (χ2n) is 3.87. The molecule has 4 heteroatoms. The first kappa shape index (κ1) is 14.7. The third-order valence-electron chi connectivity index (χ3n) is 2.58. The van der Waals surface area contributed by atoms with E-state index in [-0.39, 0.29) is 25.0 Å². The zero-order valence-corrected chi connectivity index (χ0v) is 12.0. The van der Waals surface area contributed by atoms with E-state index in [1.54, 1.807) is 0 Å². The number of hydrogen-bond donors (Lipinski definition) is 2. The predicted molar refractivity (Wildman–Crippen MR) is 77.0 cm³/mol. The van der Waals surface area contributed by atoms with Gasteiger partial charge >= 0.3 is 0 Å². The standard InChI is InChI=1S/C14H17BrN2O/c1-3-9-16-14(18)10-17-13(4-2)11-5-7-12(15)8-6-11/h1,5-8,13,17H,4,9-10H2,2H3,(H,16,18)/t13-/m1/s1. The summed E-state index contributed by atoms with van der Waals surface area (Å²) in [7, 11) is 0. The van der Waals surface area contributed by atoms with E-state index in [1.165, 1.54) is 5.56 Å². The first-order chi connectivity index (χ1) is 8.67. The summed E-state index contributed by atoms with van der Waals surface area (Å²) >= 11 is 3.40. The second kappa shape index (κ2) is 7.91. The molecule has 96 valence electrons. The number of nitrogens with one attached hydrogen (secondary N) is 2. The lowest BCUT2D eigenvalue weighted by atomic mass is 10.0. The van der Waals surface area contributed by atoms with E-state index in [0.29, 0.717) is 0 Å². The van der Waals surface area contributed by atoms with Crippen LogP contribution in [-0.2, 0) is 4.79 Å². The Morgan fingerprint density at radius 1 is 1.44 bits per heavy atom. The van der Waals surface area contributed by atoms with Crippen molar-refractivity contribution in [2.75, 3.05) is 13.1 Å². The van der Waals surface area contributed by atoms with E-state index < -0.39 is 0 Å². The zero-order chi connectivity index (χ0) is 13.4. The van der Waals surface area contributed by atoms with Crippen LogP contribution in [0.25, 0.3) is 0 Å². The first-order valence-electron chi connectivity index (χ1n) is 5.86. The van der Waals surface area contributed by atoms with Gasteiger partial charge in [0.05, 0.1) is 13.1 Å². The largest absolute Gasteiger partial charge is 0.344 e. The summed E-state index contributed by atoms with van der Waals surface area (Å²) in [6.07, 6.45) is 6.00. The number of rotatable bonds is 6. The van der Waals surface area contributed by atoms with Gasteiger partial charge in [-0.25, -0.2) is 0 Å². The Morgan fingerprint density at radius 2 is 2.11 bits per heavy atom. The van der Waals surface area contributed by atoms with Crippen molar-refractivity contribution >= 4 is 21.8 Å². The number of terminal acetylenes is 1. The molecule has 0 aliphatic rings. The molecule has 0 aliphatic carbocycles. The molecule has 1 aromatic carbocycles. The molecule has 1 rings (SSSR count). The van der Waals surface area contributed by atoms with Crippen LogP contribution in [0, 0.1) is 12.3 Å². The minimum absolute atomic E-state index is 0.0801. The summed E-state index contributed by atoms with van der Waals surface area (Å²) in [5, 5.41) is 5.85. The van der Waals surface area contributed by atoms with E-state index in [1.807, 2.05) is 24.3 Å². The molecule has 18 heavy (non-hydrogen) atoms. The minimum Gasteiger partial charge on any atom is -0.344 e. The van der Waals surface area contributed by atoms with Crippen molar-refractivity contribution in [2.45, 2.75) is 19.4 Å². The van der Waals surface area contributed by atoms with Crippen LogP contribution in [0.4, 0.5) is 0 Å². The Balaban J connectivity index is 2.50. The summed E-state index contributed by atoms with van der Waals surface area (Å²) in [5.41, 5.74) is 1.17. The van der Waals surface area contributed by atoms with Crippen LogP contribution in [0.3, 0.4) is 0 Å². The maximum absolute atomic E-state index is 11.4. The van der Waals surface area contributed by atoms with E-state index in [9.17, 15) is 4.79 Å². The third kappa shape index (κ3) is 4.91. The third-order valence-corrected chi connectivity index (χ3v) is 3.11. The molecule has 3 nitrogen and oxygen atoms in total. The number of amides is 1.